The zero-order valence-corrected chi connectivity index (χ0v) is 28.6. The van der Waals surface area contributed by atoms with Crippen LogP contribution in [-0.4, -0.2) is 90.3 Å². The number of ether oxygens (including phenoxy) is 2. The van der Waals surface area contributed by atoms with Crippen molar-refractivity contribution in [2.45, 2.75) is 108 Å². The van der Waals surface area contributed by atoms with E-state index in [9.17, 15) is 32.4 Å². The van der Waals surface area contributed by atoms with Gasteiger partial charge in [-0.2, -0.15) is 0 Å². The van der Waals surface area contributed by atoms with Crippen molar-refractivity contribution in [2.24, 2.45) is 5.92 Å². The number of fused-ring (bicyclic) bond motifs is 3. The number of hydrogen-bond donors (Lipinski definition) is 3. The van der Waals surface area contributed by atoms with Crippen molar-refractivity contribution in [1.82, 2.24) is 25.2 Å². The first-order valence-corrected chi connectivity index (χ1v) is 18.3. The number of rotatable bonds is 4. The Morgan fingerprint density at radius 1 is 1.04 bits per heavy atom. The molecule has 2 fully saturated rings. The predicted octanol–water partition coefficient (Wildman–Crippen LogP) is 2.47. The molecule has 5 rings (SSSR count). The smallest absolute Gasteiger partial charge is 0.410 e. The Morgan fingerprint density at radius 2 is 1.73 bits per heavy atom. The summed E-state index contributed by atoms with van der Waals surface area (Å²) < 4.78 is 37.2. The Labute approximate surface area is 281 Å². The highest BCUT2D eigenvalue weighted by Crippen LogP contribution is 2.45. The van der Waals surface area contributed by atoms with E-state index in [1.54, 1.807) is 25.7 Å². The summed E-state index contributed by atoms with van der Waals surface area (Å²) >= 11 is 0. The second-order valence-corrected chi connectivity index (χ2v) is 15.9. The van der Waals surface area contributed by atoms with Gasteiger partial charge in [0.2, 0.25) is 21.8 Å². The van der Waals surface area contributed by atoms with Crippen LogP contribution in [0.4, 0.5) is 9.59 Å². The SMILES string of the molecule is CC(C)(C)OC(=O)N[C@H]1CCCCC/C=C\[C@@H]2C[C@@]2(C(=O)NS(C)(=O)=O)NC(=O)[C@@H]2C[C@@H](OC(=O)N3Cc4ccccc4C3)CN2C1=O. The number of carbonyl (C=O) groups is 5. The van der Waals surface area contributed by atoms with Crippen LogP contribution in [0.15, 0.2) is 36.4 Å². The number of benzene rings is 1. The second-order valence-electron chi connectivity index (χ2n) is 14.1. The van der Waals surface area contributed by atoms with Crippen molar-refractivity contribution in [3.05, 3.63) is 47.5 Å². The molecule has 1 aromatic carbocycles. The van der Waals surface area contributed by atoms with Gasteiger partial charge in [0.1, 0.15) is 29.3 Å². The minimum absolute atomic E-state index is 0.0620. The van der Waals surface area contributed by atoms with Crippen molar-refractivity contribution in [2.75, 3.05) is 12.8 Å². The van der Waals surface area contributed by atoms with Crippen LogP contribution in [0.3, 0.4) is 0 Å². The molecule has 0 spiro atoms. The number of alkyl carbamates (subject to hydrolysis) is 1. The number of hydrogen-bond acceptors (Lipinski definition) is 9. The van der Waals surface area contributed by atoms with Crippen LogP contribution in [0, 0.1) is 5.92 Å². The van der Waals surface area contributed by atoms with Crippen molar-refractivity contribution >= 4 is 39.9 Å². The van der Waals surface area contributed by atoms with Gasteiger partial charge in [-0.1, -0.05) is 49.3 Å². The fourth-order valence-electron chi connectivity index (χ4n) is 6.55. The van der Waals surface area contributed by atoms with E-state index in [0.29, 0.717) is 25.9 Å². The van der Waals surface area contributed by atoms with Crippen LogP contribution in [0.25, 0.3) is 0 Å². The Balaban J connectivity index is 1.40. The third-order valence-corrected chi connectivity index (χ3v) is 9.54. The predicted molar refractivity (Wildman–Crippen MR) is 173 cm³/mol. The molecule has 262 valence electrons. The van der Waals surface area contributed by atoms with Crippen molar-refractivity contribution in [1.29, 1.82) is 0 Å². The van der Waals surface area contributed by atoms with E-state index in [1.165, 1.54) is 4.90 Å². The lowest BCUT2D eigenvalue weighted by Crippen LogP contribution is -2.58. The maximum atomic E-state index is 14.2. The van der Waals surface area contributed by atoms with Crippen LogP contribution in [-0.2, 0) is 47.0 Å². The molecule has 3 N–H and O–H groups in total. The molecule has 5 atom stereocenters. The van der Waals surface area contributed by atoms with E-state index in [4.69, 9.17) is 9.47 Å². The number of nitrogens with one attached hydrogen (secondary N) is 3. The summed E-state index contributed by atoms with van der Waals surface area (Å²) in [7, 11) is -3.93. The van der Waals surface area contributed by atoms with Crippen LogP contribution in [0.2, 0.25) is 0 Å². The fourth-order valence-corrected chi connectivity index (χ4v) is 7.07. The topological polar surface area (TPSA) is 181 Å². The third-order valence-electron chi connectivity index (χ3n) is 8.98. The van der Waals surface area contributed by atoms with Gasteiger partial charge in [0.05, 0.1) is 12.8 Å². The molecule has 4 aliphatic rings. The highest BCUT2D eigenvalue weighted by atomic mass is 32.2. The maximum Gasteiger partial charge on any atom is 0.410 e. The molecule has 48 heavy (non-hydrogen) atoms. The highest BCUT2D eigenvalue weighted by Gasteiger charge is 2.61. The highest BCUT2D eigenvalue weighted by molar-refractivity contribution is 7.89. The molecule has 3 heterocycles. The molecule has 1 aromatic rings. The minimum atomic E-state index is -3.93. The monoisotopic (exact) mass is 687 g/mol. The Bertz CT molecular complexity index is 1560. The largest absolute Gasteiger partial charge is 0.444 e. The van der Waals surface area contributed by atoms with E-state index in [1.807, 2.05) is 41.1 Å². The lowest BCUT2D eigenvalue weighted by Gasteiger charge is -2.30. The van der Waals surface area contributed by atoms with E-state index < -0.39 is 75.2 Å². The van der Waals surface area contributed by atoms with Crippen LogP contribution >= 0.6 is 0 Å². The van der Waals surface area contributed by atoms with E-state index in [0.717, 1.165) is 30.2 Å². The first-order chi connectivity index (χ1) is 22.5. The van der Waals surface area contributed by atoms with Gasteiger partial charge in [-0.25, -0.2) is 18.0 Å². The van der Waals surface area contributed by atoms with E-state index in [-0.39, 0.29) is 25.8 Å². The van der Waals surface area contributed by atoms with E-state index in [2.05, 4.69) is 10.6 Å². The standard InChI is InChI=1S/C33H45N5O9S/c1-32(2,3)47-30(42)34-25-15-9-7-5-6-8-14-23-17-33(23,29(41)36-48(4,44)45)35-27(39)26-16-24(20-38(26)28(25)40)46-31(43)37-18-21-12-10-11-13-22(21)19-37/h8,10-14,23-26H,5-7,9,15-20H2,1-4H3,(H,34,42)(H,35,39)(H,36,41)/b14-8-/t23-,24-,25+,26+,33-/m1/s1. The quantitative estimate of drug-likeness (QED) is 0.401. The van der Waals surface area contributed by atoms with Gasteiger partial charge in [-0.15, -0.1) is 0 Å². The Morgan fingerprint density at radius 3 is 2.38 bits per heavy atom. The molecule has 0 aromatic heterocycles. The van der Waals surface area contributed by atoms with Gasteiger partial charge in [0.15, 0.2) is 0 Å². The summed E-state index contributed by atoms with van der Waals surface area (Å²) in [4.78, 5) is 70.4. The second kappa shape index (κ2) is 13.8. The van der Waals surface area contributed by atoms with Gasteiger partial charge in [-0.3, -0.25) is 24.0 Å². The number of allylic oxidation sites excluding steroid dienone is 1. The Hall–Kier alpha value is -4.14. The van der Waals surface area contributed by atoms with Gasteiger partial charge in [-0.05, 0) is 57.6 Å². The molecular weight excluding hydrogens is 642 g/mol. The maximum absolute atomic E-state index is 14.2. The lowest BCUT2D eigenvalue weighted by molar-refractivity contribution is -0.141. The Kier molecular flexibility index (Phi) is 10.1. The number of sulfonamides is 1. The summed E-state index contributed by atoms with van der Waals surface area (Å²) in [5.74, 6) is -2.57. The van der Waals surface area contributed by atoms with Gasteiger partial charge >= 0.3 is 12.2 Å². The summed E-state index contributed by atoms with van der Waals surface area (Å²) in [5.41, 5.74) is -0.337. The van der Waals surface area contributed by atoms with Crippen LogP contribution in [0.5, 0.6) is 0 Å². The minimum Gasteiger partial charge on any atom is -0.444 e. The van der Waals surface area contributed by atoms with E-state index >= 15 is 0 Å². The zero-order valence-electron chi connectivity index (χ0n) is 27.8. The van der Waals surface area contributed by atoms with Gasteiger partial charge in [0.25, 0.3) is 5.91 Å². The molecule has 14 nitrogen and oxygen atoms in total. The first-order valence-electron chi connectivity index (χ1n) is 16.4. The molecule has 5 amide bonds. The first kappa shape index (κ1) is 35.2. The normalized spacial score (nSPS) is 28.4. The fraction of sp³-hybridized carbons (Fsp3) is 0.606. The average Bonchev–Trinajstić information content (AvgIpc) is 3.30. The number of nitrogens with zero attached hydrogens (tertiary/aromatic N) is 2. The molecule has 1 aliphatic carbocycles. The lowest BCUT2D eigenvalue weighted by atomic mass is 10.0. The molecular formula is C33H45N5O9S. The molecule has 0 unspecified atom stereocenters. The molecule has 3 aliphatic heterocycles. The summed E-state index contributed by atoms with van der Waals surface area (Å²) in [6.45, 7) is 5.72. The molecule has 1 saturated carbocycles. The van der Waals surface area contributed by atoms with Crippen LogP contribution < -0.4 is 15.4 Å². The molecule has 0 radical (unpaired) electrons. The van der Waals surface area contributed by atoms with Crippen molar-refractivity contribution in [3.63, 3.8) is 0 Å². The molecule has 1 saturated heterocycles. The number of carbonyl (C=O) groups excluding carboxylic acids is 5. The summed E-state index contributed by atoms with van der Waals surface area (Å²) in [6.07, 6.45) is 5.53. The number of amides is 5. The average molecular weight is 688 g/mol. The molecule has 15 heteroatoms. The zero-order chi connectivity index (χ0) is 34.9. The third kappa shape index (κ3) is 8.47. The summed E-state index contributed by atoms with van der Waals surface area (Å²) in [6, 6.07) is 5.45. The van der Waals surface area contributed by atoms with Crippen molar-refractivity contribution in [3.8, 4) is 0 Å². The van der Waals surface area contributed by atoms with Gasteiger partial charge in [0, 0.05) is 25.4 Å². The van der Waals surface area contributed by atoms with Crippen LogP contribution in [0.1, 0.15) is 76.8 Å². The van der Waals surface area contributed by atoms with Crippen molar-refractivity contribution < 1.29 is 41.9 Å². The summed E-state index contributed by atoms with van der Waals surface area (Å²) in [5, 5.41) is 5.43. The van der Waals surface area contributed by atoms with Gasteiger partial charge < -0.3 is 25.0 Å². The molecule has 0 bridgehead atoms.